The lowest BCUT2D eigenvalue weighted by Gasteiger charge is -2.31. The first-order valence-corrected chi connectivity index (χ1v) is 6.42. The highest BCUT2D eigenvalue weighted by atomic mass is 32.1. The molecule has 0 atom stereocenters. The molecule has 0 unspecified atom stereocenters. The van der Waals surface area contributed by atoms with Gasteiger partial charge in [-0.25, -0.2) is 0 Å². The summed E-state index contributed by atoms with van der Waals surface area (Å²) < 4.78 is 0. The fourth-order valence-corrected chi connectivity index (χ4v) is 2.06. The highest BCUT2D eigenvalue weighted by Crippen LogP contribution is 2.25. The molecule has 0 saturated carbocycles. The van der Waals surface area contributed by atoms with Gasteiger partial charge in [-0.15, -0.1) is 5.75 Å². The van der Waals surface area contributed by atoms with Crippen molar-refractivity contribution >= 4 is 40.9 Å². The Bertz CT molecular complexity index is 717. The molecule has 1 aromatic rings. The maximum Gasteiger partial charge on any atom is 0.269 e. The van der Waals surface area contributed by atoms with E-state index in [1.54, 1.807) is 0 Å². The van der Waals surface area contributed by atoms with Crippen molar-refractivity contribution in [3.8, 4) is 5.75 Å². The van der Waals surface area contributed by atoms with Gasteiger partial charge in [0.15, 0.2) is 5.11 Å². The fourth-order valence-electron chi connectivity index (χ4n) is 1.89. The predicted molar refractivity (Wildman–Crippen MR) is 78.7 cm³/mol. The Morgan fingerprint density at radius 2 is 1.73 bits per heavy atom. The van der Waals surface area contributed by atoms with Crippen LogP contribution in [0.4, 0.5) is 5.69 Å². The summed E-state index contributed by atoms with van der Waals surface area (Å²) in [6, 6.07) is 3.09. The predicted octanol–water partition coefficient (Wildman–Crippen LogP) is 0.267. The third kappa shape index (κ3) is 2.53. The highest BCUT2D eigenvalue weighted by Gasteiger charge is 2.35. The number of benzene rings is 1. The molecule has 0 spiro atoms. The molecule has 1 fully saturated rings. The zero-order chi connectivity index (χ0) is 16.6. The second-order valence-electron chi connectivity index (χ2n) is 4.55. The van der Waals surface area contributed by atoms with Gasteiger partial charge in [-0.3, -0.25) is 29.5 Å². The average molecular weight is 320 g/mol. The number of nitrogens with zero attached hydrogens (tertiary/aromatic N) is 3. The minimum atomic E-state index is -0.668. The van der Waals surface area contributed by atoms with Gasteiger partial charge in [0, 0.05) is 26.2 Å². The summed E-state index contributed by atoms with van der Waals surface area (Å²) in [7, 11) is 2.79. The van der Waals surface area contributed by atoms with Gasteiger partial charge >= 0.3 is 0 Å². The Balaban J connectivity index is 2.54. The molecule has 22 heavy (non-hydrogen) atoms. The van der Waals surface area contributed by atoms with Crippen LogP contribution in [0.3, 0.4) is 0 Å². The molecule has 1 aliphatic rings. The highest BCUT2D eigenvalue weighted by molar-refractivity contribution is 7.80. The molecular weight excluding hydrogens is 310 g/mol. The van der Waals surface area contributed by atoms with E-state index in [0.717, 1.165) is 34.1 Å². The Morgan fingerprint density at radius 1 is 1.18 bits per heavy atom. The SMILES string of the molecule is CN1C(=O)C(=Cc2cc([N+](=O)[O-])ccc2[O-])C(=O)N(C)C1=S. The van der Waals surface area contributed by atoms with Gasteiger partial charge in [0.2, 0.25) is 0 Å². The van der Waals surface area contributed by atoms with Crippen LogP contribution in [0.15, 0.2) is 23.8 Å². The monoisotopic (exact) mass is 320 g/mol. The number of carbonyl (C=O) groups is 2. The molecule has 0 radical (unpaired) electrons. The van der Waals surface area contributed by atoms with Gasteiger partial charge in [-0.05, 0) is 23.9 Å². The van der Waals surface area contributed by atoms with Crippen molar-refractivity contribution in [1.29, 1.82) is 0 Å². The first-order valence-electron chi connectivity index (χ1n) is 6.01. The minimum absolute atomic E-state index is 0.0357. The number of hydrogen-bond acceptors (Lipinski definition) is 6. The van der Waals surface area contributed by atoms with Gasteiger partial charge in [-0.1, -0.05) is 6.07 Å². The summed E-state index contributed by atoms with van der Waals surface area (Å²) in [4.78, 5) is 36.5. The molecule has 1 saturated heterocycles. The van der Waals surface area contributed by atoms with Crippen LogP contribution in [0.5, 0.6) is 5.75 Å². The van der Waals surface area contributed by atoms with Gasteiger partial charge in [-0.2, -0.15) is 0 Å². The number of likely N-dealkylation sites (N-methyl/N-ethyl adjacent to an activating group) is 2. The van der Waals surface area contributed by atoms with Crippen LogP contribution in [0, 0.1) is 10.1 Å². The lowest BCUT2D eigenvalue weighted by Crippen LogP contribution is -2.52. The van der Waals surface area contributed by atoms with E-state index >= 15 is 0 Å². The molecule has 0 aliphatic carbocycles. The van der Waals surface area contributed by atoms with Crippen molar-refractivity contribution in [3.63, 3.8) is 0 Å². The van der Waals surface area contributed by atoms with Gasteiger partial charge in [0.25, 0.3) is 17.5 Å². The first-order chi connectivity index (χ1) is 10.2. The largest absolute Gasteiger partial charge is 0.872 e. The first kappa shape index (κ1) is 15.6. The molecule has 8 nitrogen and oxygen atoms in total. The van der Waals surface area contributed by atoms with Crippen LogP contribution >= 0.6 is 12.2 Å². The Labute approximate surface area is 130 Å². The molecular formula is C13H10N3O5S-. The van der Waals surface area contributed by atoms with E-state index in [2.05, 4.69) is 0 Å². The van der Waals surface area contributed by atoms with Crippen LogP contribution in [0.25, 0.3) is 6.08 Å². The summed E-state index contributed by atoms with van der Waals surface area (Å²) in [6.45, 7) is 0. The van der Waals surface area contributed by atoms with E-state index in [9.17, 15) is 24.8 Å². The minimum Gasteiger partial charge on any atom is -0.872 e. The fraction of sp³-hybridized carbons (Fsp3) is 0.154. The van der Waals surface area contributed by atoms with E-state index in [-0.39, 0.29) is 21.9 Å². The third-order valence-corrected chi connectivity index (χ3v) is 3.70. The van der Waals surface area contributed by atoms with Gasteiger partial charge in [0.05, 0.1) is 4.92 Å². The van der Waals surface area contributed by atoms with Crippen LogP contribution in [-0.2, 0) is 9.59 Å². The number of carbonyl (C=O) groups excluding carboxylic acids is 2. The molecule has 2 amide bonds. The lowest BCUT2D eigenvalue weighted by molar-refractivity contribution is -0.385. The van der Waals surface area contributed by atoms with Gasteiger partial charge in [0.1, 0.15) is 5.57 Å². The van der Waals surface area contributed by atoms with E-state index in [1.807, 2.05) is 0 Å². The average Bonchev–Trinajstić information content (AvgIpc) is 2.49. The molecule has 1 heterocycles. The van der Waals surface area contributed by atoms with Crippen molar-refractivity contribution in [1.82, 2.24) is 9.80 Å². The molecule has 0 bridgehead atoms. The van der Waals surface area contributed by atoms with E-state index < -0.39 is 22.5 Å². The summed E-state index contributed by atoms with van der Waals surface area (Å²) in [5.41, 5.74) is -0.698. The summed E-state index contributed by atoms with van der Waals surface area (Å²) >= 11 is 4.94. The number of non-ortho nitro benzene ring substituents is 1. The quantitative estimate of drug-likeness (QED) is 0.254. The zero-order valence-corrected chi connectivity index (χ0v) is 12.4. The number of nitro benzene ring substituents is 1. The number of nitro groups is 1. The van der Waals surface area contributed by atoms with Crippen LogP contribution in [0.2, 0.25) is 0 Å². The Hall–Kier alpha value is -2.81. The van der Waals surface area contributed by atoms with Crippen molar-refractivity contribution in [2.45, 2.75) is 0 Å². The maximum atomic E-state index is 12.1. The summed E-state index contributed by atoms with van der Waals surface area (Å²) in [5.74, 6) is -1.87. The normalized spacial score (nSPS) is 15.4. The number of rotatable bonds is 2. The smallest absolute Gasteiger partial charge is 0.269 e. The molecule has 1 aliphatic heterocycles. The lowest BCUT2D eigenvalue weighted by atomic mass is 10.1. The van der Waals surface area contributed by atoms with Crippen LogP contribution in [-0.4, -0.2) is 45.7 Å². The standard InChI is InChI=1S/C13H11N3O5S/c1-14-11(18)9(12(19)15(2)13(14)22)6-7-5-8(16(20)21)3-4-10(7)17/h3-6,17H,1-2H3/p-1. The van der Waals surface area contributed by atoms with Crippen LogP contribution in [0.1, 0.15) is 5.56 Å². The third-order valence-electron chi connectivity index (χ3n) is 3.15. The second-order valence-corrected chi connectivity index (χ2v) is 4.91. The van der Waals surface area contributed by atoms with E-state index in [0.29, 0.717) is 0 Å². The summed E-state index contributed by atoms with van der Waals surface area (Å²) in [5, 5.41) is 22.5. The van der Waals surface area contributed by atoms with Crippen molar-refractivity contribution in [3.05, 3.63) is 39.4 Å². The molecule has 114 valence electrons. The van der Waals surface area contributed by atoms with Gasteiger partial charge < -0.3 is 5.11 Å². The van der Waals surface area contributed by atoms with E-state index in [1.165, 1.54) is 14.1 Å². The molecule has 2 rings (SSSR count). The van der Waals surface area contributed by atoms with Crippen molar-refractivity contribution in [2.75, 3.05) is 14.1 Å². The van der Waals surface area contributed by atoms with E-state index in [4.69, 9.17) is 12.2 Å². The van der Waals surface area contributed by atoms with Crippen LogP contribution < -0.4 is 5.11 Å². The number of amides is 2. The Morgan fingerprint density at radius 3 is 2.23 bits per heavy atom. The Kier molecular flexibility index (Phi) is 3.91. The number of thiocarbonyl (C=S) groups is 1. The second kappa shape index (κ2) is 5.53. The van der Waals surface area contributed by atoms with Crippen molar-refractivity contribution < 1.29 is 19.6 Å². The molecule has 9 heteroatoms. The zero-order valence-electron chi connectivity index (χ0n) is 11.6. The topological polar surface area (TPSA) is 107 Å². The molecule has 0 aromatic heterocycles. The maximum absolute atomic E-state index is 12.1. The summed E-state index contributed by atoms with van der Waals surface area (Å²) in [6.07, 6.45) is 1.05. The molecule has 0 N–H and O–H groups in total. The molecule has 1 aromatic carbocycles. The van der Waals surface area contributed by atoms with Crippen molar-refractivity contribution in [2.24, 2.45) is 0 Å². The number of hydrogen-bond donors (Lipinski definition) is 0.